The lowest BCUT2D eigenvalue weighted by molar-refractivity contribution is -0.129. The van der Waals surface area contributed by atoms with Gasteiger partial charge in [-0.2, -0.15) is 11.3 Å². The van der Waals surface area contributed by atoms with Gasteiger partial charge in [0.05, 0.1) is 24.9 Å². The Morgan fingerprint density at radius 3 is 2.81 bits per heavy atom. The number of thiophene rings is 1. The zero-order valence-electron chi connectivity index (χ0n) is 16.1. The third kappa shape index (κ3) is 6.38. The zero-order valence-corrected chi connectivity index (χ0v) is 17.8. The quantitative estimate of drug-likeness (QED) is 0.689. The van der Waals surface area contributed by atoms with Crippen molar-refractivity contribution in [2.24, 2.45) is 5.92 Å². The first-order valence-corrected chi connectivity index (χ1v) is 11.3. The monoisotopic (exact) mass is 408 g/mol. The number of carbonyl (C=O) groups excluding carboxylic acids is 1. The first kappa shape index (κ1) is 20.5. The van der Waals surface area contributed by atoms with Crippen molar-refractivity contribution in [1.29, 1.82) is 0 Å². The number of carbonyl (C=O) groups is 1. The van der Waals surface area contributed by atoms with E-state index in [1.54, 1.807) is 17.5 Å². The van der Waals surface area contributed by atoms with Gasteiger partial charge in [-0.15, -0.1) is 11.3 Å². The molecule has 0 bridgehead atoms. The van der Waals surface area contributed by atoms with Crippen LogP contribution in [0.4, 0.5) is 5.13 Å². The maximum Gasteiger partial charge on any atom is 0.229 e. The second-order valence-electron chi connectivity index (χ2n) is 7.35. The second-order valence-corrected chi connectivity index (χ2v) is 9.37. The molecule has 3 atom stereocenters. The molecule has 148 valence electrons. The highest BCUT2D eigenvalue weighted by Crippen LogP contribution is 2.31. The van der Waals surface area contributed by atoms with Gasteiger partial charge in [0.2, 0.25) is 5.91 Å². The maximum absolute atomic E-state index is 12.8. The van der Waals surface area contributed by atoms with Crippen LogP contribution in [0.2, 0.25) is 0 Å². The number of thiazole rings is 1. The Morgan fingerprint density at radius 2 is 2.15 bits per heavy atom. The minimum absolute atomic E-state index is 0.0211. The molecule has 3 unspecified atom stereocenters. The van der Waals surface area contributed by atoms with Crippen molar-refractivity contribution in [3.8, 4) is 0 Å². The first-order chi connectivity index (χ1) is 13.0. The van der Waals surface area contributed by atoms with Crippen molar-refractivity contribution in [2.45, 2.75) is 64.8 Å². The highest BCUT2D eigenvalue weighted by molar-refractivity contribution is 7.15. The van der Waals surface area contributed by atoms with E-state index in [0.717, 1.165) is 30.6 Å². The molecule has 7 heteroatoms. The number of nitrogens with zero attached hydrogens (tertiary/aromatic N) is 1. The molecule has 1 saturated carbocycles. The minimum Gasteiger partial charge on any atom is -0.378 e. The van der Waals surface area contributed by atoms with E-state index < -0.39 is 0 Å². The molecule has 2 heterocycles. The fourth-order valence-electron chi connectivity index (χ4n) is 3.46. The van der Waals surface area contributed by atoms with Gasteiger partial charge >= 0.3 is 0 Å². The molecule has 0 spiro atoms. The molecule has 1 fully saturated rings. The fourth-order valence-corrected chi connectivity index (χ4v) is 4.83. The van der Waals surface area contributed by atoms with E-state index in [1.165, 1.54) is 16.9 Å². The lowest BCUT2D eigenvalue weighted by Gasteiger charge is -2.35. The highest BCUT2D eigenvalue weighted by Gasteiger charge is 2.34. The number of rotatable bonds is 8. The number of aromatic nitrogens is 1. The summed E-state index contributed by atoms with van der Waals surface area (Å²) >= 11 is 3.21. The molecule has 1 N–H and O–H groups in total. The van der Waals surface area contributed by atoms with Crippen molar-refractivity contribution in [3.63, 3.8) is 0 Å². The van der Waals surface area contributed by atoms with Gasteiger partial charge in [-0.25, -0.2) is 4.98 Å². The van der Waals surface area contributed by atoms with E-state index >= 15 is 0 Å². The number of aryl methyl sites for hydroxylation is 1. The molecule has 5 nitrogen and oxygen atoms in total. The van der Waals surface area contributed by atoms with Crippen molar-refractivity contribution >= 4 is 33.7 Å². The van der Waals surface area contributed by atoms with Crippen LogP contribution in [0.3, 0.4) is 0 Å². The number of ether oxygens (including phenoxy) is 2. The van der Waals surface area contributed by atoms with Crippen LogP contribution in [0, 0.1) is 12.8 Å². The Balaban J connectivity index is 1.57. The summed E-state index contributed by atoms with van der Waals surface area (Å²) in [6, 6.07) is 2.13. The van der Waals surface area contributed by atoms with E-state index in [2.05, 4.69) is 27.1 Å². The summed E-state index contributed by atoms with van der Waals surface area (Å²) in [7, 11) is 0. The van der Waals surface area contributed by atoms with Crippen LogP contribution in [0.5, 0.6) is 0 Å². The normalized spacial score (nSPS) is 22.9. The van der Waals surface area contributed by atoms with Gasteiger partial charge in [0.15, 0.2) is 5.13 Å². The molecule has 1 aliphatic carbocycles. The predicted molar refractivity (Wildman–Crippen MR) is 111 cm³/mol. The number of nitrogens with one attached hydrogen (secondary N) is 1. The van der Waals surface area contributed by atoms with Crippen LogP contribution in [-0.2, 0) is 20.7 Å². The lowest BCUT2D eigenvalue weighted by Crippen LogP contribution is -2.39. The molecule has 0 radical (unpaired) electrons. The summed E-state index contributed by atoms with van der Waals surface area (Å²) in [5.41, 5.74) is 1.30. The third-order valence-electron chi connectivity index (χ3n) is 4.63. The molecule has 3 rings (SSSR count). The molecular formula is C20H28N2O3S2. The van der Waals surface area contributed by atoms with E-state index in [9.17, 15) is 4.79 Å². The largest absolute Gasteiger partial charge is 0.378 e. The number of hydrogen-bond acceptors (Lipinski definition) is 6. The highest BCUT2D eigenvalue weighted by atomic mass is 32.1. The average molecular weight is 409 g/mol. The summed E-state index contributed by atoms with van der Waals surface area (Å²) in [4.78, 5) is 18.1. The molecule has 1 aliphatic rings. The van der Waals surface area contributed by atoms with E-state index in [-0.39, 0.29) is 30.1 Å². The maximum atomic E-state index is 12.8. The number of hydrogen-bond donors (Lipinski definition) is 1. The molecule has 0 aliphatic heterocycles. The van der Waals surface area contributed by atoms with Gasteiger partial charge < -0.3 is 14.8 Å². The van der Waals surface area contributed by atoms with Gasteiger partial charge in [-0.1, -0.05) is 0 Å². The molecule has 27 heavy (non-hydrogen) atoms. The molecule has 0 aromatic carbocycles. The Labute approximate surface area is 169 Å². The second kappa shape index (κ2) is 9.78. The Hall–Kier alpha value is -1.28. The van der Waals surface area contributed by atoms with Crippen LogP contribution in [0.1, 0.15) is 43.6 Å². The van der Waals surface area contributed by atoms with Crippen molar-refractivity contribution in [2.75, 3.05) is 11.9 Å². The van der Waals surface area contributed by atoms with Crippen molar-refractivity contribution in [1.82, 2.24) is 4.98 Å². The van der Waals surface area contributed by atoms with Crippen molar-refractivity contribution in [3.05, 3.63) is 33.5 Å². The topological polar surface area (TPSA) is 60.5 Å². The average Bonchev–Trinajstić information content (AvgIpc) is 3.26. The van der Waals surface area contributed by atoms with Gasteiger partial charge in [0.25, 0.3) is 0 Å². The van der Waals surface area contributed by atoms with Gasteiger partial charge in [-0.3, -0.25) is 4.79 Å². The van der Waals surface area contributed by atoms with E-state index in [1.807, 2.05) is 20.8 Å². The Morgan fingerprint density at radius 1 is 1.33 bits per heavy atom. The summed E-state index contributed by atoms with van der Waals surface area (Å²) < 4.78 is 12.2. The predicted octanol–water partition coefficient (Wildman–Crippen LogP) is 4.67. The van der Waals surface area contributed by atoms with Crippen LogP contribution >= 0.6 is 22.7 Å². The van der Waals surface area contributed by atoms with E-state index in [4.69, 9.17) is 9.47 Å². The summed E-state index contributed by atoms with van der Waals surface area (Å²) in [6.45, 7) is 6.73. The van der Waals surface area contributed by atoms with Gasteiger partial charge in [0, 0.05) is 17.0 Å². The van der Waals surface area contributed by atoms with Gasteiger partial charge in [-0.05, 0) is 68.8 Å². The minimum atomic E-state index is -0.113. The molecule has 2 aromatic rings. The third-order valence-corrected chi connectivity index (χ3v) is 6.19. The number of anilines is 1. The van der Waals surface area contributed by atoms with Crippen molar-refractivity contribution < 1.29 is 14.3 Å². The van der Waals surface area contributed by atoms with Crippen LogP contribution < -0.4 is 5.32 Å². The Kier molecular flexibility index (Phi) is 7.41. The summed E-state index contributed by atoms with van der Waals surface area (Å²) in [5.74, 6) is -0.0919. The smallest absolute Gasteiger partial charge is 0.229 e. The summed E-state index contributed by atoms with van der Waals surface area (Å²) in [6.07, 6.45) is 5.25. The van der Waals surface area contributed by atoms with Crippen LogP contribution in [0.15, 0.2) is 23.0 Å². The molecule has 1 amide bonds. The van der Waals surface area contributed by atoms with E-state index in [0.29, 0.717) is 11.7 Å². The van der Waals surface area contributed by atoms with Crippen LogP contribution in [-0.4, -0.2) is 35.8 Å². The SMILES string of the molecule is Cc1cnc(NC(=O)C2CC(OCCc3ccsc3)CC(OC(C)C)C2)s1. The molecule has 0 saturated heterocycles. The number of amides is 1. The summed E-state index contributed by atoms with van der Waals surface area (Å²) in [5, 5.41) is 7.87. The zero-order chi connectivity index (χ0) is 19.2. The fraction of sp³-hybridized carbons (Fsp3) is 0.600. The standard InChI is InChI=1S/C20H28N2O3S2/c1-13(2)25-18-9-16(19(23)22-20-21-11-14(3)27-20)8-17(10-18)24-6-4-15-5-7-26-12-15/h5,7,11-13,16-18H,4,6,8-10H2,1-3H3,(H,21,22,23). The van der Waals surface area contributed by atoms with Crippen LogP contribution in [0.25, 0.3) is 0 Å². The lowest BCUT2D eigenvalue weighted by atomic mass is 9.84. The van der Waals surface area contributed by atoms with Gasteiger partial charge in [0.1, 0.15) is 0 Å². The first-order valence-electron chi connectivity index (χ1n) is 9.51. The molecular weight excluding hydrogens is 380 g/mol. The Bertz CT molecular complexity index is 715. The molecule has 2 aromatic heterocycles.